The molecule has 0 saturated heterocycles. The molecule has 4 heteroatoms. The van der Waals surface area contributed by atoms with E-state index in [-0.39, 0.29) is 11.9 Å². The lowest BCUT2D eigenvalue weighted by molar-refractivity contribution is -0.134. The number of hydrogen-bond acceptors (Lipinski definition) is 3. The van der Waals surface area contributed by atoms with E-state index in [9.17, 15) is 9.90 Å². The molecule has 1 aliphatic carbocycles. The van der Waals surface area contributed by atoms with Gasteiger partial charge in [-0.15, -0.1) is 0 Å². The summed E-state index contributed by atoms with van der Waals surface area (Å²) < 4.78 is 0. The van der Waals surface area contributed by atoms with Gasteiger partial charge < -0.3 is 15.3 Å². The van der Waals surface area contributed by atoms with Gasteiger partial charge in [0, 0.05) is 13.1 Å². The standard InChI is InChI=1S/C22H34N2O2/c1-16(2)21-20-17(3)8-7-9-18(20)10-13-24(21)19(25)14-23-15-22(26)11-5-4-6-12-22/h7-9,16,21,23,26H,4-6,10-15H2,1-3H3. The first kappa shape index (κ1) is 19.4. The topological polar surface area (TPSA) is 52.6 Å². The van der Waals surface area contributed by atoms with E-state index in [1.54, 1.807) is 0 Å². The van der Waals surface area contributed by atoms with Crippen molar-refractivity contribution in [1.82, 2.24) is 10.2 Å². The van der Waals surface area contributed by atoms with Gasteiger partial charge in [-0.1, -0.05) is 51.3 Å². The Hall–Kier alpha value is -1.39. The van der Waals surface area contributed by atoms with E-state index in [0.29, 0.717) is 19.0 Å². The summed E-state index contributed by atoms with van der Waals surface area (Å²) in [6, 6.07) is 6.62. The minimum Gasteiger partial charge on any atom is -0.389 e. The molecule has 1 atom stereocenters. The van der Waals surface area contributed by atoms with E-state index < -0.39 is 5.60 Å². The quantitative estimate of drug-likeness (QED) is 0.849. The van der Waals surface area contributed by atoms with Crippen molar-refractivity contribution >= 4 is 5.91 Å². The first-order valence-corrected chi connectivity index (χ1v) is 10.2. The number of amides is 1. The van der Waals surface area contributed by atoms with Crippen LogP contribution in [-0.4, -0.2) is 41.1 Å². The molecule has 1 aromatic rings. The second-order valence-electron chi connectivity index (χ2n) is 8.56. The fourth-order valence-electron chi connectivity index (χ4n) is 4.78. The molecule has 1 heterocycles. The van der Waals surface area contributed by atoms with Crippen molar-refractivity contribution in [1.29, 1.82) is 0 Å². The number of hydrogen-bond donors (Lipinski definition) is 2. The highest BCUT2D eigenvalue weighted by molar-refractivity contribution is 5.79. The second kappa shape index (κ2) is 8.10. The van der Waals surface area contributed by atoms with Crippen LogP contribution in [0.25, 0.3) is 0 Å². The zero-order valence-corrected chi connectivity index (χ0v) is 16.6. The molecular formula is C22H34N2O2. The predicted molar refractivity (Wildman–Crippen MR) is 105 cm³/mol. The van der Waals surface area contributed by atoms with Crippen LogP contribution in [0.5, 0.6) is 0 Å². The van der Waals surface area contributed by atoms with Gasteiger partial charge in [-0.05, 0) is 48.8 Å². The summed E-state index contributed by atoms with van der Waals surface area (Å²) in [5.74, 6) is 0.527. The molecular weight excluding hydrogens is 324 g/mol. The van der Waals surface area contributed by atoms with Gasteiger partial charge in [-0.2, -0.15) is 0 Å². The van der Waals surface area contributed by atoms with Crippen LogP contribution in [0.4, 0.5) is 0 Å². The van der Waals surface area contributed by atoms with E-state index in [4.69, 9.17) is 0 Å². The lowest BCUT2D eigenvalue weighted by Gasteiger charge is -2.41. The number of fused-ring (bicyclic) bond motifs is 1. The van der Waals surface area contributed by atoms with Gasteiger partial charge in [0.15, 0.2) is 0 Å². The Morgan fingerprint density at radius 3 is 2.73 bits per heavy atom. The molecule has 4 nitrogen and oxygen atoms in total. The summed E-state index contributed by atoms with van der Waals surface area (Å²) in [7, 11) is 0. The first-order chi connectivity index (χ1) is 12.4. The molecule has 0 spiro atoms. The van der Waals surface area contributed by atoms with Gasteiger partial charge in [0.1, 0.15) is 0 Å². The van der Waals surface area contributed by atoms with Crippen molar-refractivity contribution in [2.75, 3.05) is 19.6 Å². The van der Waals surface area contributed by atoms with E-state index in [1.807, 2.05) is 0 Å². The molecule has 1 aromatic carbocycles. The molecule has 3 rings (SSSR count). The lowest BCUT2D eigenvalue weighted by atomic mass is 9.83. The van der Waals surface area contributed by atoms with Gasteiger partial charge in [0.25, 0.3) is 0 Å². The molecule has 26 heavy (non-hydrogen) atoms. The first-order valence-electron chi connectivity index (χ1n) is 10.2. The van der Waals surface area contributed by atoms with Gasteiger partial charge in [0.05, 0.1) is 18.2 Å². The molecule has 1 fully saturated rings. The smallest absolute Gasteiger partial charge is 0.237 e. The summed E-state index contributed by atoms with van der Waals surface area (Å²) in [6.07, 6.45) is 6.01. The van der Waals surface area contributed by atoms with Crippen LogP contribution in [0.15, 0.2) is 18.2 Å². The largest absolute Gasteiger partial charge is 0.389 e. The zero-order valence-electron chi connectivity index (χ0n) is 16.6. The van der Waals surface area contributed by atoms with Crippen molar-refractivity contribution < 1.29 is 9.90 Å². The maximum atomic E-state index is 13.0. The number of benzene rings is 1. The number of nitrogens with zero attached hydrogens (tertiary/aromatic N) is 1. The lowest BCUT2D eigenvalue weighted by Crippen LogP contribution is -2.49. The van der Waals surface area contributed by atoms with Crippen LogP contribution in [0.1, 0.15) is 68.7 Å². The van der Waals surface area contributed by atoms with Crippen LogP contribution in [0.2, 0.25) is 0 Å². The number of aliphatic hydroxyl groups is 1. The zero-order chi connectivity index (χ0) is 18.7. The molecule has 1 aliphatic heterocycles. The summed E-state index contributed by atoms with van der Waals surface area (Å²) >= 11 is 0. The maximum absolute atomic E-state index is 13.0. The van der Waals surface area contributed by atoms with Crippen molar-refractivity contribution in [3.8, 4) is 0 Å². The molecule has 0 aromatic heterocycles. The summed E-state index contributed by atoms with van der Waals surface area (Å²) in [5.41, 5.74) is 3.38. The predicted octanol–water partition coefficient (Wildman–Crippen LogP) is 3.36. The molecule has 0 radical (unpaired) electrons. The Kier molecular flexibility index (Phi) is 6.03. The van der Waals surface area contributed by atoms with Crippen LogP contribution in [-0.2, 0) is 11.2 Å². The monoisotopic (exact) mass is 358 g/mol. The SMILES string of the molecule is Cc1cccc2c1C(C(C)C)N(C(=O)CNCC1(O)CCCCC1)CC2. The highest BCUT2D eigenvalue weighted by atomic mass is 16.3. The maximum Gasteiger partial charge on any atom is 0.237 e. The van der Waals surface area contributed by atoms with Crippen molar-refractivity contribution in [2.24, 2.45) is 5.92 Å². The van der Waals surface area contributed by atoms with Gasteiger partial charge in [0.2, 0.25) is 5.91 Å². The summed E-state index contributed by atoms with van der Waals surface area (Å²) in [4.78, 5) is 15.0. The van der Waals surface area contributed by atoms with Crippen molar-refractivity contribution in [3.63, 3.8) is 0 Å². The number of rotatable bonds is 5. The minimum atomic E-state index is -0.624. The molecule has 2 N–H and O–H groups in total. The second-order valence-corrected chi connectivity index (χ2v) is 8.56. The fourth-order valence-corrected chi connectivity index (χ4v) is 4.78. The number of nitrogens with one attached hydrogen (secondary N) is 1. The molecule has 144 valence electrons. The average Bonchev–Trinajstić information content (AvgIpc) is 2.61. The van der Waals surface area contributed by atoms with E-state index in [0.717, 1.165) is 38.6 Å². The Balaban J connectivity index is 1.66. The molecule has 1 amide bonds. The fraction of sp³-hybridized carbons (Fsp3) is 0.682. The Morgan fingerprint density at radius 1 is 1.31 bits per heavy atom. The summed E-state index contributed by atoms with van der Waals surface area (Å²) in [6.45, 7) is 8.17. The van der Waals surface area contributed by atoms with E-state index >= 15 is 0 Å². The third-order valence-electron chi connectivity index (χ3n) is 6.13. The van der Waals surface area contributed by atoms with E-state index in [2.05, 4.69) is 49.2 Å². The number of carbonyl (C=O) groups is 1. The van der Waals surface area contributed by atoms with Crippen LogP contribution < -0.4 is 5.32 Å². The number of carbonyl (C=O) groups excluding carboxylic acids is 1. The van der Waals surface area contributed by atoms with Gasteiger partial charge in [-0.25, -0.2) is 0 Å². The minimum absolute atomic E-state index is 0.145. The molecule has 1 saturated carbocycles. The normalized spacial score (nSPS) is 22.3. The highest BCUT2D eigenvalue weighted by Gasteiger charge is 2.34. The average molecular weight is 359 g/mol. The van der Waals surface area contributed by atoms with Crippen molar-refractivity contribution in [3.05, 3.63) is 34.9 Å². The molecule has 2 aliphatic rings. The Bertz CT molecular complexity index is 635. The third kappa shape index (κ3) is 4.12. The van der Waals surface area contributed by atoms with Gasteiger partial charge >= 0.3 is 0 Å². The van der Waals surface area contributed by atoms with Crippen molar-refractivity contribution in [2.45, 2.75) is 70.9 Å². The van der Waals surface area contributed by atoms with E-state index in [1.165, 1.54) is 23.1 Å². The number of aryl methyl sites for hydroxylation is 1. The molecule has 0 bridgehead atoms. The third-order valence-corrected chi connectivity index (χ3v) is 6.13. The summed E-state index contributed by atoms with van der Waals surface area (Å²) in [5, 5.41) is 13.9. The Labute approximate surface area is 158 Å². The van der Waals surface area contributed by atoms with Gasteiger partial charge in [-0.3, -0.25) is 4.79 Å². The Morgan fingerprint density at radius 2 is 2.04 bits per heavy atom. The molecule has 1 unspecified atom stereocenters. The highest BCUT2D eigenvalue weighted by Crippen LogP contribution is 2.37. The van der Waals surface area contributed by atoms with Crippen LogP contribution >= 0.6 is 0 Å². The van der Waals surface area contributed by atoms with Crippen LogP contribution in [0, 0.1) is 12.8 Å². The van der Waals surface area contributed by atoms with Crippen LogP contribution in [0.3, 0.4) is 0 Å².